The largest absolute Gasteiger partial charge is 0.330 e. The highest BCUT2D eigenvalue weighted by Crippen LogP contribution is 2.29. The van der Waals surface area contributed by atoms with Gasteiger partial charge in [-0.3, -0.25) is 4.79 Å². The molecule has 1 heterocycles. The fourth-order valence-electron chi connectivity index (χ4n) is 2.53. The van der Waals surface area contributed by atoms with Gasteiger partial charge in [-0.25, -0.2) is 0 Å². The monoisotopic (exact) mass is 397 g/mol. The van der Waals surface area contributed by atoms with Gasteiger partial charge in [0.1, 0.15) is 0 Å². The Bertz CT molecular complexity index is 927. The molecule has 0 amide bonds. The SMILES string of the molecule is Cc1cccc(Nc2nnc(SCC(=O)c3ccc(C(C)(C)C)cc3)s2)c1. The second-order valence-electron chi connectivity index (χ2n) is 7.41. The zero-order chi connectivity index (χ0) is 19.4. The number of ketones is 1. The van der Waals surface area contributed by atoms with Crippen LogP contribution in [0.15, 0.2) is 52.9 Å². The quantitative estimate of drug-likeness (QED) is 0.417. The maximum absolute atomic E-state index is 12.4. The number of nitrogens with one attached hydrogen (secondary N) is 1. The van der Waals surface area contributed by atoms with E-state index in [-0.39, 0.29) is 11.2 Å². The van der Waals surface area contributed by atoms with Gasteiger partial charge in [0, 0.05) is 11.3 Å². The predicted octanol–water partition coefficient (Wildman–Crippen LogP) is 5.86. The number of thioether (sulfide) groups is 1. The van der Waals surface area contributed by atoms with Crippen LogP contribution in [0.4, 0.5) is 10.8 Å². The van der Waals surface area contributed by atoms with Crippen LogP contribution >= 0.6 is 23.1 Å². The first-order valence-electron chi connectivity index (χ1n) is 8.75. The molecule has 6 heteroatoms. The van der Waals surface area contributed by atoms with Crippen molar-refractivity contribution in [3.63, 3.8) is 0 Å². The van der Waals surface area contributed by atoms with Crippen LogP contribution in [0.2, 0.25) is 0 Å². The molecule has 3 rings (SSSR count). The van der Waals surface area contributed by atoms with E-state index >= 15 is 0 Å². The summed E-state index contributed by atoms with van der Waals surface area (Å²) >= 11 is 2.88. The van der Waals surface area contributed by atoms with Crippen molar-refractivity contribution in [1.29, 1.82) is 0 Å². The molecule has 1 aromatic heterocycles. The first-order valence-corrected chi connectivity index (χ1v) is 10.6. The van der Waals surface area contributed by atoms with Crippen LogP contribution < -0.4 is 5.32 Å². The summed E-state index contributed by atoms with van der Waals surface area (Å²) in [5, 5.41) is 12.3. The zero-order valence-corrected chi connectivity index (χ0v) is 17.6. The van der Waals surface area contributed by atoms with Crippen molar-refractivity contribution in [2.24, 2.45) is 0 Å². The van der Waals surface area contributed by atoms with Gasteiger partial charge in [-0.15, -0.1) is 10.2 Å². The Morgan fingerprint density at radius 2 is 1.85 bits per heavy atom. The van der Waals surface area contributed by atoms with Crippen LogP contribution in [0.1, 0.15) is 42.3 Å². The minimum absolute atomic E-state index is 0.0869. The Hall–Kier alpha value is -2.18. The second kappa shape index (κ2) is 8.23. The molecule has 0 bridgehead atoms. The number of carbonyl (C=O) groups excluding carboxylic acids is 1. The Morgan fingerprint density at radius 3 is 2.52 bits per heavy atom. The van der Waals surface area contributed by atoms with E-state index in [0.29, 0.717) is 5.75 Å². The predicted molar refractivity (Wildman–Crippen MR) is 115 cm³/mol. The number of Topliss-reactive ketones (excluding diaryl/α,β-unsaturated/α-hetero) is 1. The van der Waals surface area contributed by atoms with Crippen molar-refractivity contribution in [3.8, 4) is 0 Å². The fourth-order valence-corrected chi connectivity index (χ4v) is 4.20. The van der Waals surface area contributed by atoms with Gasteiger partial charge in [0.15, 0.2) is 10.1 Å². The van der Waals surface area contributed by atoms with E-state index in [9.17, 15) is 4.79 Å². The molecular weight excluding hydrogens is 374 g/mol. The molecule has 0 fully saturated rings. The number of hydrogen-bond donors (Lipinski definition) is 1. The normalized spacial score (nSPS) is 11.4. The molecule has 3 aromatic rings. The van der Waals surface area contributed by atoms with Crippen molar-refractivity contribution in [1.82, 2.24) is 10.2 Å². The number of nitrogens with zero attached hydrogens (tertiary/aromatic N) is 2. The lowest BCUT2D eigenvalue weighted by Gasteiger charge is -2.18. The highest BCUT2D eigenvalue weighted by atomic mass is 32.2. The molecule has 1 N–H and O–H groups in total. The first-order chi connectivity index (χ1) is 12.8. The minimum Gasteiger partial charge on any atom is -0.330 e. The molecule has 0 spiro atoms. The van der Waals surface area contributed by atoms with Crippen LogP contribution in [0.25, 0.3) is 0 Å². The number of benzene rings is 2. The molecule has 0 aliphatic rings. The third kappa shape index (κ3) is 5.40. The fraction of sp³-hybridized carbons (Fsp3) is 0.286. The van der Waals surface area contributed by atoms with Gasteiger partial charge >= 0.3 is 0 Å². The molecule has 0 aliphatic carbocycles. The number of rotatable bonds is 6. The van der Waals surface area contributed by atoms with Gasteiger partial charge < -0.3 is 5.32 Å². The summed E-state index contributed by atoms with van der Waals surface area (Å²) in [6.07, 6.45) is 0. The Morgan fingerprint density at radius 1 is 1.11 bits per heavy atom. The van der Waals surface area contributed by atoms with Crippen molar-refractivity contribution in [3.05, 3.63) is 65.2 Å². The van der Waals surface area contributed by atoms with Crippen molar-refractivity contribution >= 4 is 39.7 Å². The van der Waals surface area contributed by atoms with Gasteiger partial charge in [-0.2, -0.15) is 0 Å². The van der Waals surface area contributed by atoms with Crippen LogP contribution in [0.3, 0.4) is 0 Å². The molecule has 0 atom stereocenters. The van der Waals surface area contributed by atoms with Crippen LogP contribution in [0.5, 0.6) is 0 Å². The topological polar surface area (TPSA) is 54.9 Å². The van der Waals surface area contributed by atoms with E-state index in [0.717, 1.165) is 20.7 Å². The molecule has 0 aliphatic heterocycles. The summed E-state index contributed by atoms with van der Waals surface area (Å²) in [4.78, 5) is 12.4. The van der Waals surface area contributed by atoms with E-state index in [2.05, 4.69) is 42.4 Å². The molecule has 0 saturated carbocycles. The van der Waals surface area contributed by atoms with Crippen LogP contribution in [0, 0.1) is 6.92 Å². The molecule has 140 valence electrons. The zero-order valence-electron chi connectivity index (χ0n) is 15.9. The Balaban J connectivity index is 1.57. The molecule has 27 heavy (non-hydrogen) atoms. The lowest BCUT2D eigenvalue weighted by molar-refractivity contribution is 0.102. The Labute approximate surface area is 168 Å². The first kappa shape index (κ1) is 19.6. The number of hydrogen-bond acceptors (Lipinski definition) is 6. The molecule has 0 unspecified atom stereocenters. The third-order valence-corrected chi connectivity index (χ3v) is 6.05. The van der Waals surface area contributed by atoms with E-state index in [4.69, 9.17) is 0 Å². The number of aryl methyl sites for hydroxylation is 1. The lowest BCUT2D eigenvalue weighted by atomic mass is 9.86. The highest BCUT2D eigenvalue weighted by Gasteiger charge is 2.15. The third-order valence-electron chi connectivity index (χ3n) is 4.08. The van der Waals surface area contributed by atoms with E-state index in [1.165, 1.54) is 34.2 Å². The van der Waals surface area contributed by atoms with E-state index in [1.807, 2.05) is 49.4 Å². The second-order valence-corrected chi connectivity index (χ2v) is 9.61. The van der Waals surface area contributed by atoms with Crippen molar-refractivity contribution < 1.29 is 4.79 Å². The maximum atomic E-state index is 12.4. The minimum atomic E-state index is 0.0869. The maximum Gasteiger partial charge on any atom is 0.210 e. The lowest BCUT2D eigenvalue weighted by Crippen LogP contribution is -2.11. The molecular formula is C21H23N3OS2. The summed E-state index contributed by atoms with van der Waals surface area (Å²) in [6, 6.07) is 16.0. The van der Waals surface area contributed by atoms with E-state index < -0.39 is 0 Å². The van der Waals surface area contributed by atoms with Gasteiger partial charge in [-0.1, -0.05) is 80.3 Å². The Kier molecular flexibility index (Phi) is 5.97. The smallest absolute Gasteiger partial charge is 0.210 e. The van der Waals surface area contributed by atoms with Crippen molar-refractivity contribution in [2.45, 2.75) is 37.4 Å². The number of aromatic nitrogens is 2. The summed E-state index contributed by atoms with van der Waals surface area (Å²) in [5.41, 5.74) is 4.21. The summed E-state index contributed by atoms with van der Waals surface area (Å²) in [6.45, 7) is 8.54. The van der Waals surface area contributed by atoms with E-state index in [1.54, 1.807) is 0 Å². The molecule has 0 saturated heterocycles. The average Bonchev–Trinajstić information content (AvgIpc) is 3.06. The van der Waals surface area contributed by atoms with Gasteiger partial charge in [0.25, 0.3) is 0 Å². The van der Waals surface area contributed by atoms with Gasteiger partial charge in [0.05, 0.1) is 5.75 Å². The van der Waals surface area contributed by atoms with Gasteiger partial charge in [-0.05, 0) is 35.6 Å². The highest BCUT2D eigenvalue weighted by molar-refractivity contribution is 8.01. The molecule has 4 nitrogen and oxygen atoms in total. The van der Waals surface area contributed by atoms with Crippen LogP contribution in [-0.4, -0.2) is 21.7 Å². The van der Waals surface area contributed by atoms with Gasteiger partial charge in [0.2, 0.25) is 5.13 Å². The van der Waals surface area contributed by atoms with Crippen molar-refractivity contribution in [2.75, 3.05) is 11.1 Å². The van der Waals surface area contributed by atoms with Crippen LogP contribution in [-0.2, 0) is 5.41 Å². The summed E-state index contributed by atoms with van der Waals surface area (Å²) < 4.78 is 0.782. The average molecular weight is 398 g/mol. The summed E-state index contributed by atoms with van der Waals surface area (Å²) in [7, 11) is 0. The standard InChI is InChI=1S/C21H23N3OS2/c1-14-6-5-7-17(12-14)22-19-23-24-20(27-19)26-13-18(25)15-8-10-16(11-9-15)21(2,3)4/h5-12H,13H2,1-4H3,(H,22,23). The number of anilines is 2. The molecule has 0 radical (unpaired) electrons. The summed E-state index contributed by atoms with van der Waals surface area (Å²) in [5.74, 6) is 0.456. The number of carbonyl (C=O) groups is 1. The molecule has 2 aromatic carbocycles.